The van der Waals surface area contributed by atoms with E-state index in [1.165, 1.54) is 12.1 Å². The van der Waals surface area contributed by atoms with E-state index in [-0.39, 0.29) is 52.2 Å². The molecule has 0 unspecified atom stereocenters. The molecule has 3 aliphatic rings. The van der Waals surface area contributed by atoms with E-state index >= 15 is 0 Å². The van der Waals surface area contributed by atoms with Crippen LogP contribution < -0.4 is 9.46 Å². The number of nitrogens with one attached hydrogen (secondary N) is 1. The van der Waals surface area contributed by atoms with Crippen LogP contribution in [-0.4, -0.2) is 82.5 Å². The molecule has 1 spiro atoms. The predicted molar refractivity (Wildman–Crippen MR) is 178 cm³/mol. The van der Waals surface area contributed by atoms with Gasteiger partial charge >= 0.3 is 0 Å². The quantitative estimate of drug-likeness (QED) is 0.409. The summed E-state index contributed by atoms with van der Waals surface area (Å²) in [6, 6.07) is 13.0. The Labute approximate surface area is 276 Å². The number of amides is 2. The Morgan fingerprint density at radius 2 is 1.79 bits per heavy atom. The molecule has 47 heavy (non-hydrogen) atoms. The van der Waals surface area contributed by atoms with Gasteiger partial charge in [0.1, 0.15) is 13.2 Å². The normalized spacial score (nSPS) is 24.0. The van der Waals surface area contributed by atoms with Crippen LogP contribution in [0.15, 0.2) is 53.4 Å². The van der Waals surface area contributed by atoms with Crippen molar-refractivity contribution in [3.8, 4) is 17.1 Å². The first-order chi connectivity index (χ1) is 22.2. The van der Waals surface area contributed by atoms with Gasteiger partial charge in [0.15, 0.2) is 0 Å². The smallest absolute Gasteiger partial charge is 0.264 e. The van der Waals surface area contributed by atoms with Crippen LogP contribution >= 0.6 is 0 Å². The molecule has 6 rings (SSSR count). The summed E-state index contributed by atoms with van der Waals surface area (Å²) in [6.45, 7) is 10.4. The van der Waals surface area contributed by atoms with E-state index in [1.54, 1.807) is 23.1 Å². The zero-order valence-corrected chi connectivity index (χ0v) is 28.4. The average Bonchev–Trinajstić information content (AvgIpc) is 3.43. The van der Waals surface area contributed by atoms with Gasteiger partial charge in [0, 0.05) is 35.3 Å². The van der Waals surface area contributed by atoms with Gasteiger partial charge in [-0.15, -0.1) is 0 Å². The van der Waals surface area contributed by atoms with E-state index in [9.17, 15) is 23.1 Å². The molecule has 1 aromatic heterocycles. The van der Waals surface area contributed by atoms with Crippen LogP contribution in [0.1, 0.15) is 74.4 Å². The number of ether oxygens (including phenoxy) is 1. The van der Waals surface area contributed by atoms with E-state index in [2.05, 4.69) is 35.5 Å². The maximum atomic E-state index is 14.5. The standard InChI is InChI=1S/C35H43N5O6S/c1-22-9-6-10-23(2)31(22)28-16-29-37-33(36-28)38-47(44,45)27-12-7-11-24(15-27)32(43)40(26(21-46-29)17-34(3,4)5)25-18-35(19-25)13-8-14-39(35)30(42)20-41/h6-7,9-12,15-16,25-26,41H,8,13-14,17-21H2,1-5H3,(H,36,37,38)/t25-,26-,35-/m1/s1. The zero-order valence-electron chi connectivity index (χ0n) is 27.6. The maximum absolute atomic E-state index is 14.5. The van der Waals surface area contributed by atoms with Crippen molar-refractivity contribution in [3.05, 3.63) is 65.2 Å². The SMILES string of the molecule is Cc1cccc(C)c1-c1cc2nc(n1)NS(=O)(=O)c1cccc(c1)C(=O)N([C@H]1C[C@@]3(CCCN3C(=O)CO)C1)[C@H](CC(C)(C)C)CO2. The second kappa shape index (κ2) is 12.2. The third-order valence-electron chi connectivity index (χ3n) is 9.61. The number of aliphatic hydroxyl groups is 1. The number of anilines is 1. The topological polar surface area (TPSA) is 142 Å². The van der Waals surface area contributed by atoms with E-state index < -0.39 is 28.2 Å². The van der Waals surface area contributed by atoms with Crippen molar-refractivity contribution in [3.63, 3.8) is 0 Å². The Bertz CT molecular complexity index is 1790. The van der Waals surface area contributed by atoms with Gasteiger partial charge in [-0.2, -0.15) is 4.98 Å². The van der Waals surface area contributed by atoms with Gasteiger partial charge < -0.3 is 19.6 Å². The highest BCUT2D eigenvalue weighted by Crippen LogP contribution is 2.49. The second-order valence-corrected chi connectivity index (χ2v) is 16.0. The summed E-state index contributed by atoms with van der Waals surface area (Å²) >= 11 is 0. The van der Waals surface area contributed by atoms with Crippen molar-refractivity contribution in [1.82, 2.24) is 19.8 Å². The lowest BCUT2D eigenvalue weighted by Crippen LogP contribution is -2.65. The van der Waals surface area contributed by atoms with Gasteiger partial charge in [-0.3, -0.25) is 9.59 Å². The van der Waals surface area contributed by atoms with Crippen molar-refractivity contribution in [2.24, 2.45) is 5.41 Å². The Morgan fingerprint density at radius 3 is 2.47 bits per heavy atom. The molecule has 250 valence electrons. The molecule has 2 fully saturated rings. The minimum Gasteiger partial charge on any atom is -0.475 e. The highest BCUT2D eigenvalue weighted by atomic mass is 32.2. The van der Waals surface area contributed by atoms with Crippen LogP contribution in [-0.2, 0) is 14.8 Å². The molecule has 2 aliphatic heterocycles. The molecule has 4 bridgehead atoms. The number of aryl methyl sites for hydroxylation is 2. The second-order valence-electron chi connectivity index (χ2n) is 14.4. The Hall–Kier alpha value is -4.03. The van der Waals surface area contributed by atoms with Crippen LogP contribution in [0.3, 0.4) is 0 Å². The zero-order chi connectivity index (χ0) is 33.7. The van der Waals surface area contributed by atoms with E-state index in [4.69, 9.17) is 4.74 Å². The summed E-state index contributed by atoms with van der Waals surface area (Å²) in [7, 11) is -4.18. The van der Waals surface area contributed by atoms with Crippen molar-refractivity contribution in [2.45, 2.75) is 89.2 Å². The van der Waals surface area contributed by atoms with Crippen LogP contribution in [0.25, 0.3) is 11.3 Å². The summed E-state index contributed by atoms with van der Waals surface area (Å²) in [6.07, 6.45) is 3.38. The monoisotopic (exact) mass is 661 g/mol. The van der Waals surface area contributed by atoms with Crippen molar-refractivity contribution < 1.29 is 27.9 Å². The first kappa shape index (κ1) is 32.9. The van der Waals surface area contributed by atoms with Gasteiger partial charge in [0.2, 0.25) is 17.7 Å². The van der Waals surface area contributed by atoms with Crippen molar-refractivity contribution in [2.75, 3.05) is 24.5 Å². The number of sulfonamides is 1. The molecular formula is C35H43N5O6S. The Kier molecular flexibility index (Phi) is 8.54. The lowest BCUT2D eigenvalue weighted by molar-refractivity contribution is -0.144. The van der Waals surface area contributed by atoms with Crippen LogP contribution in [0.5, 0.6) is 5.88 Å². The summed E-state index contributed by atoms with van der Waals surface area (Å²) in [4.78, 5) is 39.8. The molecule has 1 aliphatic carbocycles. The molecule has 1 saturated heterocycles. The van der Waals surface area contributed by atoms with E-state index in [0.717, 1.165) is 29.5 Å². The van der Waals surface area contributed by atoms with Gasteiger partial charge in [0.25, 0.3) is 15.9 Å². The Balaban J connectivity index is 1.46. The fourth-order valence-corrected chi connectivity index (χ4v) is 8.61. The molecule has 11 nitrogen and oxygen atoms in total. The largest absolute Gasteiger partial charge is 0.475 e. The number of carbonyl (C=O) groups is 2. The summed E-state index contributed by atoms with van der Waals surface area (Å²) in [5, 5.41) is 9.63. The van der Waals surface area contributed by atoms with Crippen LogP contribution in [0.4, 0.5) is 5.95 Å². The highest BCUT2D eigenvalue weighted by molar-refractivity contribution is 7.92. The fourth-order valence-electron chi connectivity index (χ4n) is 7.62. The molecule has 1 atom stereocenters. The molecule has 3 heterocycles. The maximum Gasteiger partial charge on any atom is 0.264 e. The molecule has 1 saturated carbocycles. The molecule has 2 amide bonds. The van der Waals surface area contributed by atoms with Crippen molar-refractivity contribution >= 4 is 27.8 Å². The first-order valence-electron chi connectivity index (χ1n) is 16.2. The summed E-state index contributed by atoms with van der Waals surface area (Å²) in [5.41, 5.74) is 2.95. The van der Waals surface area contributed by atoms with E-state index in [0.29, 0.717) is 31.5 Å². The minimum atomic E-state index is -4.18. The third-order valence-corrected chi connectivity index (χ3v) is 10.9. The number of benzene rings is 2. The number of fused-ring (bicyclic) bond motifs is 4. The lowest BCUT2D eigenvalue weighted by Gasteiger charge is -2.55. The predicted octanol–water partition coefficient (Wildman–Crippen LogP) is 4.72. The highest BCUT2D eigenvalue weighted by Gasteiger charge is 2.55. The minimum absolute atomic E-state index is 0.0842. The van der Waals surface area contributed by atoms with Crippen LogP contribution in [0, 0.1) is 19.3 Å². The number of hydrogen-bond donors (Lipinski definition) is 2. The number of hydrogen-bond acceptors (Lipinski definition) is 8. The molecule has 0 radical (unpaired) electrons. The molecular weight excluding hydrogens is 618 g/mol. The fraction of sp³-hybridized carbons (Fsp3) is 0.486. The lowest BCUT2D eigenvalue weighted by atomic mass is 9.69. The number of aliphatic hydroxyl groups excluding tert-OH is 1. The Morgan fingerprint density at radius 1 is 1.09 bits per heavy atom. The van der Waals surface area contributed by atoms with Gasteiger partial charge in [-0.1, -0.05) is 45.0 Å². The number of likely N-dealkylation sites (tertiary alicyclic amines) is 1. The average molecular weight is 662 g/mol. The summed E-state index contributed by atoms with van der Waals surface area (Å²) < 4.78 is 36.3. The van der Waals surface area contributed by atoms with Gasteiger partial charge in [0.05, 0.1) is 16.6 Å². The number of nitrogens with zero attached hydrogens (tertiary/aromatic N) is 4. The molecule has 2 aromatic carbocycles. The molecule has 12 heteroatoms. The molecule has 2 N–H and O–H groups in total. The van der Waals surface area contributed by atoms with E-state index in [1.807, 2.05) is 36.9 Å². The summed E-state index contributed by atoms with van der Waals surface area (Å²) in [5.74, 6) is -0.535. The third kappa shape index (κ3) is 6.45. The van der Waals surface area contributed by atoms with Gasteiger partial charge in [-0.25, -0.2) is 18.1 Å². The van der Waals surface area contributed by atoms with Gasteiger partial charge in [-0.05, 0) is 80.7 Å². The molecule has 3 aromatic rings. The van der Waals surface area contributed by atoms with Crippen molar-refractivity contribution in [1.29, 1.82) is 0 Å². The van der Waals surface area contributed by atoms with Crippen LogP contribution in [0.2, 0.25) is 0 Å². The number of carbonyl (C=O) groups excluding carboxylic acids is 2. The number of aromatic nitrogens is 2. The first-order valence-corrected chi connectivity index (χ1v) is 17.6. The number of rotatable bonds is 4.